The Kier molecular flexibility index (Phi) is 2.29. The van der Waals surface area contributed by atoms with Gasteiger partial charge in [0.05, 0.1) is 6.92 Å². The number of amides is 1. The highest BCUT2D eigenvalue weighted by atomic mass is 16.1. The van der Waals surface area contributed by atoms with E-state index in [-0.39, 0.29) is 5.91 Å². The van der Waals surface area contributed by atoms with E-state index in [1.807, 2.05) is 36.4 Å². The predicted molar refractivity (Wildman–Crippen MR) is 56.2 cm³/mol. The molecule has 1 amide bonds. The number of benzene rings is 2. The van der Waals surface area contributed by atoms with E-state index in [4.69, 9.17) is 0 Å². The quantitative estimate of drug-likeness (QED) is 0.674. The smallest absolute Gasteiger partial charge is 0.251 e. The monoisotopic (exact) mass is 186 g/mol. The first-order valence-corrected chi connectivity index (χ1v) is 4.60. The minimum absolute atomic E-state index is 0.0836. The van der Waals surface area contributed by atoms with E-state index in [0.717, 1.165) is 5.69 Å². The highest BCUT2D eigenvalue weighted by Crippen LogP contribution is 2.15. The van der Waals surface area contributed by atoms with Crippen molar-refractivity contribution in [2.45, 2.75) is 6.92 Å². The third-order valence-corrected chi connectivity index (χ3v) is 2.14. The minimum atomic E-state index is 0.0836. The van der Waals surface area contributed by atoms with Gasteiger partial charge in [0.25, 0.3) is 0 Å². The highest BCUT2D eigenvalue weighted by molar-refractivity contribution is 5.84. The maximum atomic E-state index is 10.9. The van der Waals surface area contributed by atoms with Crippen LogP contribution in [0, 0.1) is 0 Å². The first kappa shape index (κ1) is 8.91. The SMILES string of the molecule is CC(=O)[NH2+]c1ccc2ccccc2c1. The van der Waals surface area contributed by atoms with Gasteiger partial charge in [-0.2, -0.15) is 0 Å². The van der Waals surface area contributed by atoms with Crippen molar-refractivity contribution in [2.75, 3.05) is 0 Å². The molecule has 2 N–H and O–H groups in total. The summed E-state index contributed by atoms with van der Waals surface area (Å²) in [5.41, 5.74) is 0.969. The molecule has 0 aromatic heterocycles. The van der Waals surface area contributed by atoms with Crippen LogP contribution in [-0.4, -0.2) is 5.91 Å². The number of hydrogen-bond acceptors (Lipinski definition) is 1. The number of quaternary nitrogens is 1. The molecule has 0 saturated carbocycles. The molecule has 0 saturated heterocycles. The second-order valence-electron chi connectivity index (χ2n) is 3.36. The first-order chi connectivity index (χ1) is 6.75. The van der Waals surface area contributed by atoms with Crippen molar-refractivity contribution in [3.8, 4) is 0 Å². The summed E-state index contributed by atoms with van der Waals surface area (Å²) >= 11 is 0. The van der Waals surface area contributed by atoms with E-state index in [1.54, 1.807) is 12.2 Å². The van der Waals surface area contributed by atoms with E-state index < -0.39 is 0 Å². The Morgan fingerprint density at radius 2 is 1.79 bits per heavy atom. The van der Waals surface area contributed by atoms with Gasteiger partial charge in [-0.25, -0.2) is 4.79 Å². The third kappa shape index (κ3) is 1.80. The molecule has 2 aromatic rings. The molecule has 0 atom stereocenters. The van der Waals surface area contributed by atoms with Crippen molar-refractivity contribution in [3.05, 3.63) is 42.5 Å². The van der Waals surface area contributed by atoms with Crippen molar-refractivity contribution < 1.29 is 10.1 Å². The maximum Gasteiger partial charge on any atom is 0.312 e. The fourth-order valence-corrected chi connectivity index (χ4v) is 1.53. The van der Waals surface area contributed by atoms with Gasteiger partial charge in [-0.05, 0) is 16.8 Å². The topological polar surface area (TPSA) is 33.7 Å². The third-order valence-electron chi connectivity index (χ3n) is 2.14. The van der Waals surface area contributed by atoms with Gasteiger partial charge < -0.3 is 0 Å². The van der Waals surface area contributed by atoms with E-state index in [1.165, 1.54) is 10.8 Å². The fraction of sp³-hybridized carbons (Fsp3) is 0.0833. The molecule has 0 unspecified atom stereocenters. The number of carbonyl (C=O) groups is 1. The van der Waals surface area contributed by atoms with Crippen LogP contribution in [0.2, 0.25) is 0 Å². The number of carbonyl (C=O) groups excluding carboxylic acids is 1. The molecule has 0 bridgehead atoms. The Morgan fingerprint density at radius 3 is 2.50 bits per heavy atom. The van der Waals surface area contributed by atoms with Crippen molar-refractivity contribution in [3.63, 3.8) is 0 Å². The molecule has 0 aliphatic carbocycles. The summed E-state index contributed by atoms with van der Waals surface area (Å²) in [5.74, 6) is 0.0836. The molecule has 0 fully saturated rings. The van der Waals surface area contributed by atoms with Crippen LogP contribution in [-0.2, 0) is 4.79 Å². The first-order valence-electron chi connectivity index (χ1n) is 4.60. The summed E-state index contributed by atoms with van der Waals surface area (Å²) < 4.78 is 0. The van der Waals surface area contributed by atoms with Gasteiger partial charge in [-0.15, -0.1) is 0 Å². The van der Waals surface area contributed by atoms with Gasteiger partial charge >= 0.3 is 5.91 Å². The van der Waals surface area contributed by atoms with Gasteiger partial charge in [0, 0.05) is 12.1 Å². The average molecular weight is 186 g/mol. The van der Waals surface area contributed by atoms with Gasteiger partial charge in [-0.1, -0.05) is 24.3 Å². The van der Waals surface area contributed by atoms with Crippen LogP contribution < -0.4 is 5.32 Å². The molecule has 2 aromatic carbocycles. The molecule has 2 rings (SSSR count). The Balaban J connectivity index is 2.46. The molecule has 14 heavy (non-hydrogen) atoms. The number of primary amides is 1. The molecule has 0 heterocycles. The van der Waals surface area contributed by atoms with Crippen LogP contribution in [0.5, 0.6) is 0 Å². The van der Waals surface area contributed by atoms with Gasteiger partial charge in [-0.3, -0.25) is 5.32 Å². The average Bonchev–Trinajstić information content (AvgIpc) is 2.17. The molecule has 2 heteroatoms. The van der Waals surface area contributed by atoms with Crippen LogP contribution in [0.25, 0.3) is 10.8 Å². The number of rotatable bonds is 1. The second kappa shape index (κ2) is 3.60. The molecule has 0 spiro atoms. The Labute approximate surface area is 82.6 Å². The lowest BCUT2D eigenvalue weighted by atomic mass is 10.1. The molecule has 0 radical (unpaired) electrons. The van der Waals surface area contributed by atoms with Crippen LogP contribution in [0.3, 0.4) is 0 Å². The molecule has 70 valence electrons. The maximum absolute atomic E-state index is 10.9. The van der Waals surface area contributed by atoms with Crippen molar-refractivity contribution >= 4 is 22.4 Å². The Bertz CT molecular complexity index is 476. The second-order valence-corrected chi connectivity index (χ2v) is 3.36. The largest absolute Gasteiger partial charge is 0.312 e. The van der Waals surface area contributed by atoms with Gasteiger partial charge in [0.15, 0.2) is 0 Å². The summed E-state index contributed by atoms with van der Waals surface area (Å²) in [7, 11) is 0. The van der Waals surface area contributed by atoms with E-state index in [9.17, 15) is 4.79 Å². The summed E-state index contributed by atoms with van der Waals surface area (Å²) in [4.78, 5) is 10.9. The standard InChI is InChI=1S/C12H11NO/c1-9(14)13-12-7-6-10-4-2-3-5-11(10)8-12/h2-8H,1H3,(H,13,14)/p+1. The summed E-state index contributed by atoms with van der Waals surface area (Å²) in [6.07, 6.45) is 0. The Morgan fingerprint density at radius 1 is 1.07 bits per heavy atom. The normalized spacial score (nSPS) is 10.4. The highest BCUT2D eigenvalue weighted by Gasteiger charge is 2.01. The molecule has 0 aliphatic heterocycles. The van der Waals surface area contributed by atoms with Crippen molar-refractivity contribution in [1.82, 2.24) is 0 Å². The lowest BCUT2D eigenvalue weighted by Gasteiger charge is -1.99. The van der Waals surface area contributed by atoms with E-state index >= 15 is 0 Å². The molecular formula is C12H12NO+. The van der Waals surface area contributed by atoms with E-state index in [0.29, 0.717) is 0 Å². The minimum Gasteiger partial charge on any atom is -0.251 e. The van der Waals surface area contributed by atoms with Gasteiger partial charge in [0.1, 0.15) is 5.69 Å². The van der Waals surface area contributed by atoms with Crippen molar-refractivity contribution in [1.29, 1.82) is 0 Å². The molecule has 2 nitrogen and oxygen atoms in total. The zero-order valence-electron chi connectivity index (χ0n) is 8.03. The molecule has 0 aliphatic rings. The van der Waals surface area contributed by atoms with Crippen LogP contribution >= 0.6 is 0 Å². The fourth-order valence-electron chi connectivity index (χ4n) is 1.53. The van der Waals surface area contributed by atoms with Crippen LogP contribution in [0.15, 0.2) is 42.5 Å². The zero-order chi connectivity index (χ0) is 9.97. The number of nitrogens with two attached hydrogens (primary N) is 1. The lowest BCUT2D eigenvalue weighted by molar-refractivity contribution is -0.481. The summed E-state index contributed by atoms with van der Waals surface area (Å²) in [6, 6.07) is 14.1. The summed E-state index contributed by atoms with van der Waals surface area (Å²) in [6.45, 7) is 1.56. The van der Waals surface area contributed by atoms with Crippen LogP contribution in [0.4, 0.5) is 5.69 Å². The van der Waals surface area contributed by atoms with E-state index in [2.05, 4.69) is 6.07 Å². The number of hydrogen-bond donors (Lipinski definition) is 1. The zero-order valence-corrected chi connectivity index (χ0v) is 8.03. The van der Waals surface area contributed by atoms with Gasteiger partial charge in [0.2, 0.25) is 0 Å². The van der Waals surface area contributed by atoms with Crippen molar-refractivity contribution in [2.24, 2.45) is 0 Å². The number of fused-ring (bicyclic) bond motifs is 1. The molecular weight excluding hydrogens is 174 g/mol. The summed E-state index contributed by atoms with van der Waals surface area (Å²) in [5, 5.41) is 4.02. The predicted octanol–water partition coefficient (Wildman–Crippen LogP) is 1.58. The van der Waals surface area contributed by atoms with Crippen LogP contribution in [0.1, 0.15) is 6.92 Å². The lowest BCUT2D eigenvalue weighted by Crippen LogP contribution is -2.81. The Hall–Kier alpha value is -1.67.